The second-order valence-electron chi connectivity index (χ2n) is 4.51. The SMILES string of the molecule is C[N+](C)(Cc1ccccc1)C[C@H](Br)CBr. The lowest BCUT2D eigenvalue weighted by Crippen LogP contribution is -2.43. The zero-order valence-corrected chi connectivity index (χ0v) is 12.5. The molecule has 15 heavy (non-hydrogen) atoms. The summed E-state index contributed by atoms with van der Waals surface area (Å²) in [6, 6.07) is 10.7. The van der Waals surface area contributed by atoms with E-state index in [9.17, 15) is 0 Å². The minimum atomic E-state index is 0.538. The van der Waals surface area contributed by atoms with E-state index in [1.807, 2.05) is 0 Å². The molecule has 0 aliphatic heterocycles. The largest absolute Gasteiger partial charge is 0.324 e. The topological polar surface area (TPSA) is 0 Å². The maximum absolute atomic E-state index is 3.66. The molecular weight excluding hydrogens is 318 g/mol. The molecule has 1 aromatic carbocycles. The van der Waals surface area contributed by atoms with Crippen LogP contribution in [-0.4, -0.2) is 35.3 Å². The van der Waals surface area contributed by atoms with Gasteiger partial charge in [0.25, 0.3) is 0 Å². The Labute approximate surface area is 109 Å². The van der Waals surface area contributed by atoms with Crippen LogP contribution in [0.1, 0.15) is 5.56 Å². The van der Waals surface area contributed by atoms with Crippen molar-refractivity contribution in [1.82, 2.24) is 0 Å². The third kappa shape index (κ3) is 5.14. The minimum absolute atomic E-state index is 0.538. The van der Waals surface area contributed by atoms with Gasteiger partial charge in [0.1, 0.15) is 6.54 Å². The molecule has 1 atom stereocenters. The molecule has 0 saturated carbocycles. The number of halogens is 2. The van der Waals surface area contributed by atoms with E-state index in [0.29, 0.717) is 4.83 Å². The zero-order valence-electron chi connectivity index (χ0n) is 9.29. The predicted octanol–water partition coefficient (Wildman–Crippen LogP) is 3.42. The van der Waals surface area contributed by atoms with Gasteiger partial charge in [-0.25, -0.2) is 0 Å². The first-order valence-corrected chi connectivity index (χ1v) is 7.13. The Hall–Kier alpha value is 0.140. The van der Waals surface area contributed by atoms with Gasteiger partial charge < -0.3 is 4.48 Å². The van der Waals surface area contributed by atoms with E-state index in [0.717, 1.165) is 22.9 Å². The molecule has 0 unspecified atom stereocenters. The Balaban J connectivity index is 2.56. The molecule has 0 radical (unpaired) electrons. The molecule has 0 aliphatic carbocycles. The summed E-state index contributed by atoms with van der Waals surface area (Å²) in [5.74, 6) is 0. The standard InChI is InChI=1S/C12H18Br2N/c1-15(2,10-12(14)8-13)9-11-6-4-3-5-7-11/h3-7,12H,8-10H2,1-2H3/q+1/t12-/m1/s1. The number of benzene rings is 1. The molecule has 0 amide bonds. The average Bonchev–Trinajstić information content (AvgIpc) is 2.17. The summed E-state index contributed by atoms with van der Waals surface area (Å²) < 4.78 is 1.01. The van der Waals surface area contributed by atoms with E-state index in [2.05, 4.69) is 76.3 Å². The summed E-state index contributed by atoms with van der Waals surface area (Å²) >= 11 is 7.16. The van der Waals surface area contributed by atoms with Crippen molar-refractivity contribution in [3.05, 3.63) is 35.9 Å². The first-order valence-electron chi connectivity index (χ1n) is 5.09. The zero-order chi connectivity index (χ0) is 11.3. The van der Waals surface area contributed by atoms with E-state index < -0.39 is 0 Å². The van der Waals surface area contributed by atoms with Crippen molar-refractivity contribution in [3.63, 3.8) is 0 Å². The number of hydrogen-bond acceptors (Lipinski definition) is 0. The van der Waals surface area contributed by atoms with E-state index in [1.54, 1.807) is 0 Å². The summed E-state index contributed by atoms with van der Waals surface area (Å²) in [6.45, 7) is 2.20. The third-order valence-electron chi connectivity index (χ3n) is 2.31. The average molecular weight is 336 g/mol. The molecular formula is C12H18Br2N+. The molecule has 0 saturated heterocycles. The van der Waals surface area contributed by atoms with Gasteiger partial charge in [0.15, 0.2) is 0 Å². The molecule has 0 aromatic heterocycles. The Bertz CT molecular complexity index is 285. The van der Waals surface area contributed by atoms with E-state index in [-0.39, 0.29) is 0 Å². The molecule has 0 fully saturated rings. The summed E-state index contributed by atoms with van der Waals surface area (Å²) in [5.41, 5.74) is 1.40. The summed E-state index contributed by atoms with van der Waals surface area (Å²) in [7, 11) is 4.54. The molecule has 0 bridgehead atoms. The van der Waals surface area contributed by atoms with Crippen LogP contribution in [0.25, 0.3) is 0 Å². The lowest BCUT2D eigenvalue weighted by Gasteiger charge is -2.31. The van der Waals surface area contributed by atoms with Crippen LogP contribution in [-0.2, 0) is 6.54 Å². The van der Waals surface area contributed by atoms with Gasteiger partial charge in [0.05, 0.1) is 25.5 Å². The van der Waals surface area contributed by atoms with Crippen LogP contribution in [0.15, 0.2) is 30.3 Å². The highest BCUT2D eigenvalue weighted by Gasteiger charge is 2.19. The molecule has 3 heteroatoms. The first-order chi connectivity index (χ1) is 7.03. The lowest BCUT2D eigenvalue weighted by atomic mass is 10.2. The molecule has 1 nitrogen and oxygen atoms in total. The predicted molar refractivity (Wildman–Crippen MR) is 73.6 cm³/mol. The lowest BCUT2D eigenvalue weighted by molar-refractivity contribution is -0.902. The maximum Gasteiger partial charge on any atom is 0.104 e. The van der Waals surface area contributed by atoms with Crippen LogP contribution in [0.4, 0.5) is 0 Å². The maximum atomic E-state index is 3.66. The van der Waals surface area contributed by atoms with Gasteiger partial charge in [-0.3, -0.25) is 0 Å². The van der Waals surface area contributed by atoms with Gasteiger partial charge in [-0.05, 0) is 0 Å². The van der Waals surface area contributed by atoms with Crippen LogP contribution in [0.5, 0.6) is 0 Å². The van der Waals surface area contributed by atoms with E-state index in [1.165, 1.54) is 5.56 Å². The Morgan fingerprint density at radius 2 is 1.80 bits per heavy atom. The number of hydrogen-bond donors (Lipinski definition) is 0. The van der Waals surface area contributed by atoms with Crippen molar-refractivity contribution in [2.45, 2.75) is 11.4 Å². The van der Waals surface area contributed by atoms with Crippen molar-refractivity contribution >= 4 is 31.9 Å². The number of rotatable bonds is 5. The fourth-order valence-electron chi connectivity index (χ4n) is 1.73. The van der Waals surface area contributed by atoms with Gasteiger partial charge in [-0.15, -0.1) is 0 Å². The summed E-state index contributed by atoms with van der Waals surface area (Å²) in [6.07, 6.45) is 0. The van der Waals surface area contributed by atoms with Crippen LogP contribution in [0.3, 0.4) is 0 Å². The van der Waals surface area contributed by atoms with Gasteiger partial charge in [0, 0.05) is 10.9 Å². The van der Waals surface area contributed by atoms with E-state index in [4.69, 9.17) is 0 Å². The highest BCUT2D eigenvalue weighted by Crippen LogP contribution is 2.14. The molecule has 0 heterocycles. The summed E-state index contributed by atoms with van der Waals surface area (Å²) in [4.78, 5) is 0.538. The number of quaternary nitrogens is 1. The van der Waals surface area contributed by atoms with Crippen LogP contribution < -0.4 is 0 Å². The molecule has 1 aromatic rings. The van der Waals surface area contributed by atoms with Gasteiger partial charge in [-0.2, -0.15) is 0 Å². The minimum Gasteiger partial charge on any atom is -0.324 e. The second-order valence-corrected chi connectivity index (χ2v) is 6.46. The quantitative estimate of drug-likeness (QED) is 0.571. The van der Waals surface area contributed by atoms with Crippen molar-refractivity contribution in [3.8, 4) is 0 Å². The van der Waals surface area contributed by atoms with E-state index >= 15 is 0 Å². The van der Waals surface area contributed by atoms with Crippen molar-refractivity contribution in [2.24, 2.45) is 0 Å². The Kier molecular flexibility index (Phi) is 5.30. The molecule has 0 spiro atoms. The smallest absolute Gasteiger partial charge is 0.104 e. The fraction of sp³-hybridized carbons (Fsp3) is 0.500. The number of alkyl halides is 2. The van der Waals surface area contributed by atoms with Gasteiger partial charge in [0.2, 0.25) is 0 Å². The van der Waals surface area contributed by atoms with Crippen molar-refractivity contribution < 1.29 is 4.48 Å². The van der Waals surface area contributed by atoms with Crippen LogP contribution in [0.2, 0.25) is 0 Å². The third-order valence-corrected chi connectivity index (χ3v) is 4.58. The first kappa shape index (κ1) is 13.2. The molecule has 0 aliphatic rings. The van der Waals surface area contributed by atoms with Crippen molar-refractivity contribution in [1.29, 1.82) is 0 Å². The monoisotopic (exact) mass is 334 g/mol. The van der Waals surface area contributed by atoms with Gasteiger partial charge in [-0.1, -0.05) is 62.2 Å². The normalized spacial score (nSPS) is 13.9. The Morgan fingerprint density at radius 1 is 1.20 bits per heavy atom. The molecule has 1 rings (SSSR count). The van der Waals surface area contributed by atoms with Gasteiger partial charge >= 0.3 is 0 Å². The summed E-state index contributed by atoms with van der Waals surface area (Å²) in [5, 5.41) is 1.00. The molecule has 0 N–H and O–H groups in total. The second kappa shape index (κ2) is 6.02. The molecule has 84 valence electrons. The van der Waals surface area contributed by atoms with Crippen LogP contribution >= 0.6 is 31.9 Å². The number of nitrogens with zero attached hydrogens (tertiary/aromatic N) is 1. The van der Waals surface area contributed by atoms with Crippen LogP contribution in [0, 0.1) is 0 Å². The Morgan fingerprint density at radius 3 is 2.33 bits per heavy atom. The highest BCUT2D eigenvalue weighted by molar-refractivity contribution is 9.12. The highest BCUT2D eigenvalue weighted by atomic mass is 79.9. The van der Waals surface area contributed by atoms with Crippen molar-refractivity contribution in [2.75, 3.05) is 26.0 Å². The fourth-order valence-corrected chi connectivity index (χ4v) is 2.72.